The second kappa shape index (κ2) is 34.6. The molecule has 1 aromatic heterocycles. The van der Waals surface area contributed by atoms with Crippen LogP contribution >= 0.6 is 0 Å². The third-order valence-electron chi connectivity index (χ3n) is 13.1. The van der Waals surface area contributed by atoms with Crippen molar-refractivity contribution in [1.29, 1.82) is 0 Å². The molecular formula is C54H73N15O17. The van der Waals surface area contributed by atoms with E-state index in [0.717, 1.165) is 0 Å². The fraction of sp³-hybridized carbons (Fsp3) is 0.463. The number of amides is 10. The minimum Gasteiger partial charge on any atom is -0.508 e. The van der Waals surface area contributed by atoms with Crippen molar-refractivity contribution < 1.29 is 82.8 Å². The molecule has 0 radical (unpaired) electrons. The molecule has 10 amide bonds. The maximum Gasteiger partial charge on any atom is 0.305 e. The Hall–Kier alpha value is -10.0. The number of imidazole rings is 1. The number of guanidine groups is 1. The summed E-state index contributed by atoms with van der Waals surface area (Å²) in [6.45, 7) is 1.14. The van der Waals surface area contributed by atoms with E-state index >= 15 is 0 Å². The number of aromatic amines is 1. The number of nitrogens with two attached hydrogens (primary N) is 2. The van der Waals surface area contributed by atoms with Gasteiger partial charge in [0.2, 0.25) is 59.1 Å². The molecule has 1 saturated heterocycles. The fourth-order valence-electron chi connectivity index (χ4n) is 8.45. The van der Waals surface area contributed by atoms with Crippen molar-refractivity contribution in [3.05, 3.63) is 83.9 Å². The van der Waals surface area contributed by atoms with Crippen molar-refractivity contribution in [3.63, 3.8) is 0 Å². The van der Waals surface area contributed by atoms with E-state index in [4.69, 9.17) is 11.5 Å². The number of aromatic hydroxyl groups is 1. The number of phenolic OH excluding ortho intramolecular Hbond substituents is 1. The van der Waals surface area contributed by atoms with E-state index < -0.39 is 152 Å². The predicted molar refractivity (Wildman–Crippen MR) is 301 cm³/mol. The first-order valence-electron chi connectivity index (χ1n) is 27.2. The number of rotatable bonds is 36. The number of carbonyl (C=O) groups excluding carboxylic acids is 11. The summed E-state index contributed by atoms with van der Waals surface area (Å²) in [5, 5.41) is 63.3. The van der Waals surface area contributed by atoms with Crippen molar-refractivity contribution in [3.8, 4) is 5.75 Å². The van der Waals surface area contributed by atoms with Crippen LogP contribution in [0, 0.1) is 5.92 Å². The van der Waals surface area contributed by atoms with Gasteiger partial charge in [-0.05, 0) is 54.9 Å². The highest BCUT2D eigenvalue weighted by atomic mass is 16.4. The Morgan fingerprint density at radius 2 is 1.22 bits per heavy atom. The quantitative estimate of drug-likeness (QED) is 0.0112. The summed E-state index contributed by atoms with van der Waals surface area (Å²) in [6, 6.07) is 0.532. The number of nitrogens with zero attached hydrogens (tertiary/aromatic N) is 2. The minimum atomic E-state index is -2.02. The summed E-state index contributed by atoms with van der Waals surface area (Å²) in [5.41, 5.74) is 12.2. The Balaban J connectivity index is 1.51. The smallest absolute Gasteiger partial charge is 0.305 e. The molecule has 2 heterocycles. The topological polar surface area (TPSA) is 516 Å². The molecule has 466 valence electrons. The number of aldehydes is 1. The number of aliphatic imine (C=N–C) groups is 1. The number of carbonyl (C=O) groups is 13. The highest BCUT2D eigenvalue weighted by Gasteiger charge is 2.36. The van der Waals surface area contributed by atoms with Crippen molar-refractivity contribution in [2.45, 2.75) is 132 Å². The van der Waals surface area contributed by atoms with Gasteiger partial charge in [0.1, 0.15) is 60.4 Å². The third kappa shape index (κ3) is 23.7. The van der Waals surface area contributed by atoms with E-state index in [1.807, 2.05) is 0 Å². The molecule has 0 spiro atoms. The van der Waals surface area contributed by atoms with Gasteiger partial charge in [0.15, 0.2) is 5.96 Å². The lowest BCUT2D eigenvalue weighted by molar-refractivity contribution is -0.142. The molecule has 0 aliphatic carbocycles. The first kappa shape index (κ1) is 68.5. The first-order chi connectivity index (χ1) is 40.8. The molecule has 86 heavy (non-hydrogen) atoms. The summed E-state index contributed by atoms with van der Waals surface area (Å²) in [7, 11) is 0. The van der Waals surface area contributed by atoms with Crippen LogP contribution in [0.2, 0.25) is 0 Å². The minimum absolute atomic E-state index is 0.0227. The van der Waals surface area contributed by atoms with Crippen LogP contribution in [0.3, 0.4) is 0 Å². The van der Waals surface area contributed by atoms with E-state index in [2.05, 4.69) is 68.1 Å². The number of aliphatic hydroxyl groups excluding tert-OH is 1. The second-order valence-corrected chi connectivity index (χ2v) is 20.3. The van der Waals surface area contributed by atoms with Gasteiger partial charge in [-0.15, -0.1) is 0 Å². The predicted octanol–water partition coefficient (Wildman–Crippen LogP) is -5.34. The molecule has 1 aliphatic heterocycles. The third-order valence-corrected chi connectivity index (χ3v) is 13.1. The summed E-state index contributed by atoms with van der Waals surface area (Å²) in [6.07, 6.45) is 0.279. The van der Waals surface area contributed by atoms with Crippen molar-refractivity contribution >= 4 is 83.3 Å². The molecule has 32 nitrogen and oxygen atoms in total. The lowest BCUT2D eigenvalue weighted by atomic mass is 10.0. The van der Waals surface area contributed by atoms with Gasteiger partial charge in [0.25, 0.3) is 0 Å². The van der Waals surface area contributed by atoms with E-state index in [9.17, 15) is 82.8 Å². The van der Waals surface area contributed by atoms with Crippen LogP contribution in [-0.4, -0.2) is 188 Å². The van der Waals surface area contributed by atoms with Crippen molar-refractivity contribution in [2.24, 2.45) is 22.4 Å². The second-order valence-electron chi connectivity index (χ2n) is 20.3. The van der Waals surface area contributed by atoms with E-state index in [0.29, 0.717) is 17.4 Å². The van der Waals surface area contributed by atoms with Crippen LogP contribution < -0.4 is 64.6 Å². The monoisotopic (exact) mass is 1200 g/mol. The van der Waals surface area contributed by atoms with Gasteiger partial charge in [-0.3, -0.25) is 62.5 Å². The normalized spacial score (nSPS) is 15.4. The molecule has 4 rings (SSSR count). The lowest BCUT2D eigenvalue weighted by Gasteiger charge is -2.27. The van der Waals surface area contributed by atoms with Gasteiger partial charge in [0.05, 0.1) is 31.9 Å². The maximum absolute atomic E-state index is 14.3. The summed E-state index contributed by atoms with van der Waals surface area (Å²) in [5.74, 6) is -13.3. The summed E-state index contributed by atoms with van der Waals surface area (Å²) >= 11 is 0. The molecule has 1 aliphatic rings. The van der Waals surface area contributed by atoms with E-state index in [1.54, 1.807) is 44.2 Å². The number of benzene rings is 2. The SMILES string of the molecule is CC(C)[C@@H](C=O)NC(=O)[C@H](CCC(=O)O)NC(=O)[C@H](Cc1ccc(O)cc1)NC(=O)CNC(=O)[C@H](CO)NC(=O)[C@H](CC(=O)O)NC(=O)[C@H](Cc1cnc[nH]1)NC(=O)[C@H](CCCN=C(N)N)NC(=O)[C@H](Cc1ccccc1)NC(=O)[C@@H]1CCC(=O)N1. The zero-order chi connectivity index (χ0) is 63.5. The van der Waals surface area contributed by atoms with Gasteiger partial charge in [-0.25, -0.2) is 4.98 Å². The molecular weight excluding hydrogens is 1130 g/mol. The molecule has 3 aromatic rings. The van der Waals surface area contributed by atoms with Gasteiger partial charge in [-0.1, -0.05) is 56.3 Å². The number of carboxylic acid groups (broad SMARTS) is 2. The molecule has 0 saturated carbocycles. The van der Waals surface area contributed by atoms with Crippen LogP contribution in [0.15, 0.2) is 72.1 Å². The Morgan fingerprint density at radius 3 is 1.77 bits per heavy atom. The van der Waals surface area contributed by atoms with Crippen molar-refractivity contribution in [1.82, 2.24) is 63.1 Å². The van der Waals surface area contributed by atoms with Gasteiger partial charge < -0.3 is 94.8 Å². The van der Waals surface area contributed by atoms with Crippen LogP contribution in [0.1, 0.15) is 75.6 Å². The summed E-state index contributed by atoms with van der Waals surface area (Å²) < 4.78 is 0. The number of carboxylic acids is 2. The molecule has 2 aromatic carbocycles. The first-order valence-corrected chi connectivity index (χ1v) is 27.2. The van der Waals surface area contributed by atoms with E-state index in [1.165, 1.54) is 36.8 Å². The Kier molecular flexibility index (Phi) is 27.5. The Labute approximate surface area is 492 Å². The largest absolute Gasteiger partial charge is 0.508 e. The number of hydrogen-bond acceptors (Lipinski definition) is 17. The average molecular weight is 1200 g/mol. The van der Waals surface area contributed by atoms with Crippen LogP contribution in [0.5, 0.6) is 5.75 Å². The molecule has 19 N–H and O–H groups in total. The zero-order valence-electron chi connectivity index (χ0n) is 47.0. The highest BCUT2D eigenvalue weighted by molar-refractivity contribution is 5.99. The maximum atomic E-state index is 14.3. The molecule has 32 heteroatoms. The number of aliphatic carboxylic acids is 2. The lowest BCUT2D eigenvalue weighted by Crippen LogP contribution is -2.60. The number of aromatic nitrogens is 2. The zero-order valence-corrected chi connectivity index (χ0v) is 47.0. The fourth-order valence-corrected chi connectivity index (χ4v) is 8.45. The number of hydrogen-bond donors (Lipinski definition) is 17. The number of nitrogens with one attached hydrogen (secondary N) is 11. The Bertz CT molecular complexity index is 2890. The molecule has 0 bridgehead atoms. The average Bonchev–Trinajstić information content (AvgIpc) is 3.82. The summed E-state index contributed by atoms with van der Waals surface area (Å²) in [4.78, 5) is 181. The molecule has 1 fully saturated rings. The standard InChI is InChI=1S/C54H73N15O17/c1-28(2)40(25-70)68-49(82)35(15-17-44(75)76)64-50(83)36(20-30-10-12-32(72)13-11-30)62-43(74)24-59-46(79)41(26-71)69-53(86)39(22-45(77)78)67-52(85)38(21-31-23-57-27-60-31)66-47(80)33(9-6-18-58-54(55)56)63-51(84)37(19-29-7-4-3-5-8-29)65-48(81)34-14-16-42(73)61-34/h3-5,7-8,10-13,23,25,27-28,33-41,71-72H,6,9,14-22,24,26H2,1-2H3,(H,57,60)(H,59,79)(H,61,73)(H,62,74)(H,63,84)(H,64,83)(H,65,81)(H,66,80)(H,67,85)(H,68,82)(H,69,86)(H,75,76)(H,77,78)(H4,55,56,58)/t33-,34-,35-,36-,37-,38-,39-,40+,41-/m0/s1. The van der Waals surface area contributed by atoms with Gasteiger partial charge in [0, 0.05) is 50.5 Å². The number of aliphatic hydroxyl groups is 1. The molecule has 0 unspecified atom stereocenters. The number of H-pyrrole nitrogens is 1. The van der Waals surface area contributed by atoms with Crippen LogP contribution in [-0.2, 0) is 81.6 Å². The Morgan fingerprint density at radius 1 is 0.674 bits per heavy atom. The van der Waals surface area contributed by atoms with Crippen LogP contribution in [0.25, 0.3) is 0 Å². The highest BCUT2D eigenvalue weighted by Crippen LogP contribution is 2.14. The van der Waals surface area contributed by atoms with Gasteiger partial charge in [-0.2, -0.15) is 0 Å². The van der Waals surface area contributed by atoms with Gasteiger partial charge >= 0.3 is 11.9 Å². The van der Waals surface area contributed by atoms with E-state index in [-0.39, 0.29) is 80.7 Å². The van der Waals surface area contributed by atoms with Crippen LogP contribution in [0.4, 0.5) is 0 Å². The number of phenols is 1. The van der Waals surface area contributed by atoms with Crippen molar-refractivity contribution in [2.75, 3.05) is 19.7 Å². The molecule has 9 atom stereocenters.